The van der Waals surface area contributed by atoms with Crippen LogP contribution in [0.15, 0.2) is 84.9 Å². The smallest absolute Gasteiger partial charge is 0.252 e. The third-order valence-electron chi connectivity index (χ3n) is 11.8. The fraction of sp³-hybridized carbons (Fsp3) is 0.438. The molecule has 4 aromatic carbocycles. The van der Waals surface area contributed by atoms with Gasteiger partial charge >= 0.3 is 0 Å². The molecular formula is C48H60FN5O6. The van der Waals surface area contributed by atoms with Gasteiger partial charge in [-0.2, -0.15) is 0 Å². The topological polar surface area (TPSA) is 124 Å². The maximum atomic E-state index is 14.7. The number of aromatic hydroxyl groups is 1. The minimum Gasteiger partial charge on any atom is -0.508 e. The van der Waals surface area contributed by atoms with Crippen LogP contribution in [0.4, 0.5) is 15.8 Å². The van der Waals surface area contributed by atoms with E-state index in [1.807, 2.05) is 66.7 Å². The van der Waals surface area contributed by atoms with Crippen molar-refractivity contribution in [3.63, 3.8) is 0 Å². The number of unbranched alkanes of at least 4 members (excludes halogenated alkanes) is 1. The third-order valence-corrected chi connectivity index (χ3v) is 11.8. The highest BCUT2D eigenvalue weighted by Crippen LogP contribution is 2.39. The van der Waals surface area contributed by atoms with Gasteiger partial charge in [-0.3, -0.25) is 14.5 Å². The highest BCUT2D eigenvalue weighted by atomic mass is 19.1. The summed E-state index contributed by atoms with van der Waals surface area (Å²) in [6.07, 6.45) is 9.45. The average molecular weight is 822 g/mol. The molecular weight excluding hydrogens is 762 g/mol. The van der Waals surface area contributed by atoms with Crippen LogP contribution in [-0.2, 0) is 29.0 Å². The van der Waals surface area contributed by atoms with Crippen LogP contribution in [0, 0.1) is 11.7 Å². The number of piperidine rings is 1. The molecule has 1 atom stereocenters. The molecule has 12 heteroatoms. The number of benzene rings is 4. The number of halogens is 1. The van der Waals surface area contributed by atoms with Gasteiger partial charge in [0.15, 0.2) is 11.6 Å². The van der Waals surface area contributed by atoms with Crippen molar-refractivity contribution in [3.8, 4) is 17.2 Å². The van der Waals surface area contributed by atoms with E-state index in [1.54, 1.807) is 19.2 Å². The molecule has 5 aliphatic rings. The summed E-state index contributed by atoms with van der Waals surface area (Å²) in [7, 11) is 3.10. The average Bonchev–Trinajstić information content (AvgIpc) is 3.65. The summed E-state index contributed by atoms with van der Waals surface area (Å²) >= 11 is 0. The molecule has 9 rings (SSSR count). The van der Waals surface area contributed by atoms with Gasteiger partial charge in [-0.05, 0) is 104 Å². The Bertz CT molecular complexity index is 2000. The zero-order valence-electron chi connectivity index (χ0n) is 35.0. The van der Waals surface area contributed by atoms with Crippen molar-refractivity contribution < 1.29 is 33.4 Å². The lowest BCUT2D eigenvalue weighted by atomic mass is 9.92. The Morgan fingerprint density at radius 2 is 1.67 bits per heavy atom. The summed E-state index contributed by atoms with van der Waals surface area (Å²) < 4.78 is 25.9. The monoisotopic (exact) mass is 821 g/mol. The Morgan fingerprint density at radius 3 is 2.37 bits per heavy atom. The molecule has 3 N–H and O–H groups in total. The number of anilines is 2. The maximum absolute atomic E-state index is 14.7. The molecule has 1 aliphatic carbocycles. The van der Waals surface area contributed by atoms with Gasteiger partial charge in [0.05, 0.1) is 24.5 Å². The van der Waals surface area contributed by atoms with Crippen LogP contribution in [0.2, 0.25) is 0 Å². The minimum absolute atomic E-state index is 0.00292. The molecule has 0 bridgehead atoms. The fourth-order valence-corrected chi connectivity index (χ4v) is 8.51. The number of aryl methyl sites for hydroxylation is 2. The fourth-order valence-electron chi connectivity index (χ4n) is 8.51. The molecule has 2 fully saturated rings. The number of carbonyl (C=O) groups is 3. The van der Waals surface area contributed by atoms with Gasteiger partial charge in [0, 0.05) is 71.3 Å². The van der Waals surface area contributed by atoms with Gasteiger partial charge < -0.3 is 39.8 Å². The summed E-state index contributed by atoms with van der Waals surface area (Å²) in [5, 5.41) is 14.6. The second-order valence-electron chi connectivity index (χ2n) is 15.8. The Hall–Kier alpha value is -5.62. The lowest BCUT2D eigenvalue weighted by Gasteiger charge is -2.47. The van der Waals surface area contributed by atoms with Crippen molar-refractivity contribution >= 4 is 29.5 Å². The number of piperazine rings is 1. The van der Waals surface area contributed by atoms with Gasteiger partial charge in [0.1, 0.15) is 24.4 Å². The summed E-state index contributed by atoms with van der Waals surface area (Å²) in [5.41, 5.74) is 6.35. The predicted molar refractivity (Wildman–Crippen MR) is 234 cm³/mol. The Kier molecular flexibility index (Phi) is 16.2. The van der Waals surface area contributed by atoms with Crippen LogP contribution in [0.3, 0.4) is 0 Å². The SMILES string of the molecule is CNC(=O)CCCC=O.COc1cccc(N2CCC(CN3CCN4c5cc6c(cc5OCC4C3)C(=O)NC6)CC2)c1F.Oc1ccc2c(c1)CCCC2.c1ccccc1. The van der Waals surface area contributed by atoms with Gasteiger partial charge in [-0.1, -0.05) is 48.5 Å². The molecule has 0 radical (unpaired) electrons. The number of rotatable bonds is 8. The van der Waals surface area contributed by atoms with Crippen LogP contribution >= 0.6 is 0 Å². The van der Waals surface area contributed by atoms with Crippen LogP contribution in [0.1, 0.15) is 72.0 Å². The quantitative estimate of drug-likeness (QED) is 0.128. The highest BCUT2D eigenvalue weighted by molar-refractivity contribution is 5.99. The molecule has 1 unspecified atom stereocenters. The lowest BCUT2D eigenvalue weighted by Crippen LogP contribution is -2.58. The minimum atomic E-state index is -0.261. The number of nitrogens with zero attached hydrogens (tertiary/aromatic N) is 3. The van der Waals surface area contributed by atoms with Crippen LogP contribution in [0.25, 0.3) is 0 Å². The van der Waals surface area contributed by atoms with E-state index in [4.69, 9.17) is 9.47 Å². The van der Waals surface area contributed by atoms with Crippen LogP contribution in [0.5, 0.6) is 17.2 Å². The van der Waals surface area contributed by atoms with E-state index in [1.165, 1.54) is 37.5 Å². The molecule has 4 aromatic rings. The summed E-state index contributed by atoms with van der Waals surface area (Å²) in [6, 6.07) is 27.5. The Balaban J connectivity index is 0.000000187. The van der Waals surface area contributed by atoms with Gasteiger partial charge in [0.25, 0.3) is 5.91 Å². The van der Waals surface area contributed by atoms with Crippen LogP contribution < -0.4 is 29.9 Å². The molecule has 2 amide bonds. The number of amides is 2. The molecule has 0 spiro atoms. The van der Waals surface area contributed by atoms with Crippen molar-refractivity contribution in [2.45, 2.75) is 70.4 Å². The number of methoxy groups -OCH3 is 1. The summed E-state index contributed by atoms with van der Waals surface area (Å²) in [5.74, 6) is 1.90. The van der Waals surface area contributed by atoms with Crippen molar-refractivity contribution in [1.29, 1.82) is 0 Å². The number of carbonyl (C=O) groups excluding carboxylic acids is 3. The third kappa shape index (κ3) is 11.8. The van der Waals surface area contributed by atoms with Crippen molar-refractivity contribution in [1.82, 2.24) is 15.5 Å². The highest BCUT2D eigenvalue weighted by Gasteiger charge is 2.36. The second-order valence-corrected chi connectivity index (χ2v) is 15.8. The van der Waals surface area contributed by atoms with E-state index in [0.717, 1.165) is 87.4 Å². The molecule has 4 aliphatic heterocycles. The maximum Gasteiger partial charge on any atom is 0.252 e. The first kappa shape index (κ1) is 43.9. The number of hydrogen-bond donors (Lipinski definition) is 3. The largest absolute Gasteiger partial charge is 0.508 e. The molecule has 60 heavy (non-hydrogen) atoms. The van der Waals surface area contributed by atoms with E-state index in [2.05, 4.69) is 31.4 Å². The second kappa shape index (κ2) is 22.1. The normalized spacial score (nSPS) is 17.8. The summed E-state index contributed by atoms with van der Waals surface area (Å²) in [6.45, 7) is 7.04. The molecule has 4 heterocycles. The lowest BCUT2D eigenvalue weighted by molar-refractivity contribution is -0.120. The van der Waals surface area contributed by atoms with E-state index >= 15 is 0 Å². The first-order valence-electron chi connectivity index (χ1n) is 21.4. The molecule has 320 valence electrons. The number of hydrogen-bond acceptors (Lipinski definition) is 9. The number of aldehydes is 1. The van der Waals surface area contributed by atoms with Gasteiger partial charge in [0.2, 0.25) is 5.91 Å². The number of ether oxygens (including phenoxy) is 2. The molecule has 11 nitrogen and oxygen atoms in total. The van der Waals surface area contributed by atoms with Gasteiger partial charge in [-0.25, -0.2) is 4.39 Å². The molecule has 0 aromatic heterocycles. The molecule has 2 saturated heterocycles. The molecule has 0 saturated carbocycles. The first-order chi connectivity index (χ1) is 29.3. The van der Waals surface area contributed by atoms with E-state index in [-0.39, 0.29) is 17.6 Å². The first-order valence-corrected chi connectivity index (χ1v) is 21.4. The number of phenols is 1. The number of phenolic OH excluding ortho intramolecular Hbond substituents is 1. The predicted octanol–water partition coefficient (Wildman–Crippen LogP) is 6.94. The standard InChI is InChI=1S/C26H31FN4O3.C10H12O.C6H11NO2.C6H6/c1-33-23-4-2-3-21(25(23)27)30-7-5-17(6-8-30)14-29-9-10-31-19(15-29)16-34-24-12-20-18(11-22(24)31)13-28-26(20)32;11-10-6-5-8-3-1-2-4-9(8)7-10;1-7-6(9)4-2-3-5-8;1-2-4-6-5-3-1/h2-4,11-12,17,19H,5-10,13-16H2,1H3,(H,28,32);5-7,11H,1-4H2;5H,2-4H2,1H3,(H,7,9);1-6H. The zero-order chi connectivity index (χ0) is 42.3. The van der Waals surface area contributed by atoms with Crippen molar-refractivity contribution in [2.75, 3.05) is 69.8 Å². The van der Waals surface area contributed by atoms with E-state index in [0.29, 0.717) is 61.6 Å². The Labute approximate surface area is 353 Å². The van der Waals surface area contributed by atoms with Crippen LogP contribution in [-0.4, -0.2) is 94.2 Å². The number of nitrogens with one attached hydrogen (secondary N) is 2. The summed E-state index contributed by atoms with van der Waals surface area (Å²) in [4.78, 5) is 39.4. The van der Waals surface area contributed by atoms with E-state index in [9.17, 15) is 23.9 Å². The number of fused-ring (bicyclic) bond motifs is 5. The van der Waals surface area contributed by atoms with Crippen molar-refractivity contribution in [3.05, 3.63) is 113 Å². The Morgan fingerprint density at radius 1 is 0.933 bits per heavy atom. The zero-order valence-corrected chi connectivity index (χ0v) is 35.0. The van der Waals surface area contributed by atoms with Gasteiger partial charge in [-0.15, -0.1) is 0 Å². The van der Waals surface area contributed by atoms with E-state index < -0.39 is 0 Å². The van der Waals surface area contributed by atoms with Crippen molar-refractivity contribution in [2.24, 2.45) is 5.92 Å².